The number of benzene rings is 1. The topological polar surface area (TPSA) is 26.3 Å². The second-order valence-corrected chi connectivity index (χ2v) is 4.88. The maximum atomic E-state index is 12.2. The summed E-state index contributed by atoms with van der Waals surface area (Å²) < 4.78 is 5.67. The van der Waals surface area contributed by atoms with Crippen LogP contribution in [0.25, 0.3) is 0 Å². The zero-order valence-corrected chi connectivity index (χ0v) is 9.64. The number of carbonyl (C=O) groups is 1. The second kappa shape index (κ2) is 3.46. The SMILES string of the molecule is Cc1ccc2c(c1)OCc1sccc1C2=O. The first-order valence-electron chi connectivity index (χ1n) is 5.10. The molecule has 0 unspecified atom stereocenters. The van der Waals surface area contributed by atoms with Gasteiger partial charge in [0, 0.05) is 5.56 Å². The Morgan fingerprint density at radius 2 is 2.12 bits per heavy atom. The minimum Gasteiger partial charge on any atom is -0.487 e. The molecule has 3 rings (SSSR count). The van der Waals surface area contributed by atoms with Crippen molar-refractivity contribution in [2.75, 3.05) is 0 Å². The van der Waals surface area contributed by atoms with Crippen LogP contribution in [0.1, 0.15) is 26.4 Å². The lowest BCUT2D eigenvalue weighted by Crippen LogP contribution is -2.00. The van der Waals surface area contributed by atoms with Crippen molar-refractivity contribution in [3.63, 3.8) is 0 Å². The molecule has 1 aliphatic heterocycles. The summed E-state index contributed by atoms with van der Waals surface area (Å²) in [5.74, 6) is 0.775. The van der Waals surface area contributed by atoms with E-state index in [1.165, 1.54) is 0 Å². The molecule has 0 amide bonds. The lowest BCUT2D eigenvalue weighted by molar-refractivity contribution is 0.103. The predicted molar refractivity (Wildman–Crippen MR) is 63.3 cm³/mol. The molecule has 3 heteroatoms. The summed E-state index contributed by atoms with van der Waals surface area (Å²) in [6.07, 6.45) is 0. The molecule has 0 saturated carbocycles. The number of carbonyl (C=O) groups excluding carboxylic acids is 1. The molecule has 0 radical (unpaired) electrons. The van der Waals surface area contributed by atoms with Crippen molar-refractivity contribution >= 4 is 17.1 Å². The molecule has 16 heavy (non-hydrogen) atoms. The summed E-state index contributed by atoms with van der Waals surface area (Å²) in [7, 11) is 0. The number of ether oxygens (including phenoxy) is 1. The van der Waals surface area contributed by atoms with Crippen LogP contribution in [0.5, 0.6) is 5.75 Å². The molecule has 0 bridgehead atoms. The van der Waals surface area contributed by atoms with Crippen LogP contribution in [-0.2, 0) is 6.61 Å². The molecule has 0 fully saturated rings. The van der Waals surface area contributed by atoms with E-state index in [0.29, 0.717) is 17.9 Å². The average Bonchev–Trinajstić information content (AvgIpc) is 2.69. The van der Waals surface area contributed by atoms with Crippen LogP contribution in [0, 0.1) is 6.92 Å². The molecule has 0 aliphatic carbocycles. The third-order valence-corrected chi connectivity index (χ3v) is 3.62. The maximum absolute atomic E-state index is 12.2. The van der Waals surface area contributed by atoms with Crippen molar-refractivity contribution in [2.45, 2.75) is 13.5 Å². The Hall–Kier alpha value is -1.61. The van der Waals surface area contributed by atoms with Crippen LogP contribution < -0.4 is 4.74 Å². The van der Waals surface area contributed by atoms with E-state index in [1.807, 2.05) is 36.6 Å². The van der Waals surface area contributed by atoms with Crippen LogP contribution in [0.4, 0.5) is 0 Å². The van der Waals surface area contributed by atoms with Gasteiger partial charge in [0.2, 0.25) is 0 Å². The standard InChI is InChI=1S/C13H10O2S/c1-8-2-3-9-11(6-8)15-7-12-10(13(9)14)4-5-16-12/h2-6H,7H2,1H3. The van der Waals surface area contributed by atoms with Crippen LogP contribution in [0.15, 0.2) is 29.6 Å². The first kappa shape index (κ1) is 9.60. The fraction of sp³-hybridized carbons (Fsp3) is 0.154. The monoisotopic (exact) mass is 230 g/mol. The van der Waals surface area contributed by atoms with Gasteiger partial charge in [-0.2, -0.15) is 0 Å². The van der Waals surface area contributed by atoms with E-state index < -0.39 is 0 Å². The quantitative estimate of drug-likeness (QED) is 0.694. The van der Waals surface area contributed by atoms with E-state index in [2.05, 4.69) is 0 Å². The molecule has 2 nitrogen and oxygen atoms in total. The van der Waals surface area contributed by atoms with Crippen molar-refractivity contribution < 1.29 is 9.53 Å². The maximum Gasteiger partial charge on any atom is 0.198 e. The van der Waals surface area contributed by atoms with Crippen molar-refractivity contribution in [3.8, 4) is 5.75 Å². The van der Waals surface area contributed by atoms with Gasteiger partial charge in [0.25, 0.3) is 0 Å². The Balaban J connectivity index is 2.20. The zero-order chi connectivity index (χ0) is 11.1. The summed E-state index contributed by atoms with van der Waals surface area (Å²) in [6.45, 7) is 2.49. The third kappa shape index (κ3) is 1.36. The highest BCUT2D eigenvalue weighted by Crippen LogP contribution is 2.31. The number of rotatable bonds is 0. The molecule has 0 N–H and O–H groups in total. The lowest BCUT2D eigenvalue weighted by Gasteiger charge is -2.06. The minimum absolute atomic E-state index is 0.0729. The molecular formula is C13H10O2S. The minimum atomic E-state index is 0.0729. The molecule has 0 saturated heterocycles. The molecule has 1 aliphatic rings. The number of hydrogen-bond donors (Lipinski definition) is 0. The van der Waals surface area contributed by atoms with Crippen molar-refractivity contribution in [3.05, 3.63) is 51.2 Å². The fourth-order valence-corrected chi connectivity index (χ4v) is 2.66. The Morgan fingerprint density at radius 1 is 1.25 bits per heavy atom. The van der Waals surface area contributed by atoms with E-state index in [4.69, 9.17) is 4.74 Å². The first-order chi connectivity index (χ1) is 7.75. The van der Waals surface area contributed by atoms with Gasteiger partial charge in [-0.25, -0.2) is 0 Å². The van der Waals surface area contributed by atoms with Gasteiger partial charge in [0.05, 0.1) is 10.4 Å². The van der Waals surface area contributed by atoms with Gasteiger partial charge in [0.15, 0.2) is 5.78 Å². The largest absolute Gasteiger partial charge is 0.487 e. The van der Waals surface area contributed by atoms with Gasteiger partial charge in [0.1, 0.15) is 12.4 Å². The predicted octanol–water partition coefficient (Wildman–Crippen LogP) is 3.18. The first-order valence-corrected chi connectivity index (χ1v) is 5.98. The molecule has 1 aromatic heterocycles. The number of hydrogen-bond acceptors (Lipinski definition) is 3. The van der Waals surface area contributed by atoms with Crippen LogP contribution in [0.2, 0.25) is 0 Å². The second-order valence-electron chi connectivity index (χ2n) is 3.87. The highest BCUT2D eigenvalue weighted by atomic mass is 32.1. The Morgan fingerprint density at radius 3 is 3.00 bits per heavy atom. The molecule has 2 heterocycles. The summed E-state index contributed by atoms with van der Waals surface area (Å²) >= 11 is 1.57. The highest BCUT2D eigenvalue weighted by molar-refractivity contribution is 7.10. The summed E-state index contributed by atoms with van der Waals surface area (Å²) in [4.78, 5) is 13.2. The smallest absolute Gasteiger partial charge is 0.198 e. The fourth-order valence-electron chi connectivity index (χ4n) is 1.88. The van der Waals surface area contributed by atoms with Crippen molar-refractivity contribution in [1.29, 1.82) is 0 Å². The van der Waals surface area contributed by atoms with Gasteiger partial charge >= 0.3 is 0 Å². The Bertz CT molecular complexity index is 569. The van der Waals surface area contributed by atoms with Crippen LogP contribution in [-0.4, -0.2) is 5.78 Å². The number of fused-ring (bicyclic) bond motifs is 2. The van der Waals surface area contributed by atoms with Gasteiger partial charge in [-0.1, -0.05) is 6.07 Å². The number of thiophene rings is 1. The van der Waals surface area contributed by atoms with Crippen LogP contribution in [0.3, 0.4) is 0 Å². The average molecular weight is 230 g/mol. The summed E-state index contributed by atoms with van der Waals surface area (Å²) in [5.41, 5.74) is 2.56. The number of ketones is 1. The van der Waals surface area contributed by atoms with Gasteiger partial charge < -0.3 is 4.74 Å². The van der Waals surface area contributed by atoms with E-state index in [9.17, 15) is 4.79 Å². The van der Waals surface area contributed by atoms with Crippen molar-refractivity contribution in [2.24, 2.45) is 0 Å². The van der Waals surface area contributed by atoms with E-state index in [0.717, 1.165) is 16.0 Å². The summed E-state index contributed by atoms with van der Waals surface area (Å²) in [6, 6.07) is 7.58. The van der Waals surface area contributed by atoms with Crippen molar-refractivity contribution in [1.82, 2.24) is 0 Å². The van der Waals surface area contributed by atoms with Gasteiger partial charge in [-0.3, -0.25) is 4.79 Å². The van der Waals surface area contributed by atoms with E-state index in [1.54, 1.807) is 11.3 Å². The lowest BCUT2D eigenvalue weighted by atomic mass is 10.0. The molecule has 0 atom stereocenters. The molecule has 0 spiro atoms. The summed E-state index contributed by atoms with van der Waals surface area (Å²) in [5, 5.41) is 1.94. The van der Waals surface area contributed by atoms with Gasteiger partial charge in [-0.05, 0) is 36.1 Å². The molecule has 80 valence electrons. The third-order valence-electron chi connectivity index (χ3n) is 2.73. The van der Waals surface area contributed by atoms with E-state index >= 15 is 0 Å². The molecular weight excluding hydrogens is 220 g/mol. The number of aryl methyl sites for hydroxylation is 1. The Kier molecular flexibility index (Phi) is 2.07. The molecule has 2 aromatic rings. The normalized spacial score (nSPS) is 13.7. The van der Waals surface area contributed by atoms with E-state index in [-0.39, 0.29) is 5.78 Å². The van der Waals surface area contributed by atoms with Gasteiger partial charge in [-0.15, -0.1) is 11.3 Å². The molecule has 1 aromatic carbocycles. The zero-order valence-electron chi connectivity index (χ0n) is 8.82. The Labute approximate surface area is 97.5 Å². The highest BCUT2D eigenvalue weighted by Gasteiger charge is 2.22. The van der Waals surface area contributed by atoms with Crippen LogP contribution >= 0.6 is 11.3 Å².